The maximum Gasteiger partial charge on any atom is 0.251 e. The Morgan fingerprint density at radius 1 is 1.60 bits per heavy atom. The molecule has 5 heteroatoms. The number of amides is 1. The quantitative estimate of drug-likeness (QED) is 0.878. The van der Waals surface area contributed by atoms with Gasteiger partial charge in [0.1, 0.15) is 5.75 Å². The van der Waals surface area contributed by atoms with E-state index in [-0.39, 0.29) is 22.7 Å². The maximum absolute atomic E-state index is 12.0. The van der Waals surface area contributed by atoms with Gasteiger partial charge in [-0.25, -0.2) is 0 Å². The molecule has 1 aromatic carbocycles. The molecule has 0 aromatic heterocycles. The van der Waals surface area contributed by atoms with Crippen LogP contribution in [0.4, 0.5) is 0 Å². The summed E-state index contributed by atoms with van der Waals surface area (Å²) in [6, 6.07) is 4.54. The summed E-state index contributed by atoms with van der Waals surface area (Å²) in [5.74, 6) is -0.193. The van der Waals surface area contributed by atoms with Gasteiger partial charge in [0.2, 0.25) is 0 Å². The number of rotatable bonds is 5. The molecule has 0 unspecified atom stereocenters. The Labute approximate surface area is 124 Å². The number of halogens is 1. The van der Waals surface area contributed by atoms with Crippen molar-refractivity contribution >= 4 is 17.5 Å². The number of phenolic OH excluding ortho intramolecular Hbond substituents is 1. The summed E-state index contributed by atoms with van der Waals surface area (Å²) in [6.45, 7) is 2.84. The monoisotopic (exact) mass is 297 g/mol. The lowest BCUT2D eigenvalue weighted by molar-refractivity contribution is 0.0899. The molecule has 1 amide bonds. The van der Waals surface area contributed by atoms with Gasteiger partial charge >= 0.3 is 0 Å². The van der Waals surface area contributed by atoms with Crippen molar-refractivity contribution in [3.63, 3.8) is 0 Å². The number of benzene rings is 1. The van der Waals surface area contributed by atoms with Crippen molar-refractivity contribution in [2.45, 2.75) is 44.8 Å². The van der Waals surface area contributed by atoms with Gasteiger partial charge in [-0.05, 0) is 50.8 Å². The van der Waals surface area contributed by atoms with Crippen molar-refractivity contribution in [3.8, 4) is 5.75 Å². The largest absolute Gasteiger partial charge is 0.506 e. The highest BCUT2D eigenvalue weighted by molar-refractivity contribution is 6.32. The zero-order chi connectivity index (χ0) is 14.5. The summed E-state index contributed by atoms with van der Waals surface area (Å²) in [4.78, 5) is 12.0. The Bertz CT molecular complexity index is 472. The van der Waals surface area contributed by atoms with E-state index in [2.05, 4.69) is 5.32 Å². The second-order valence-electron chi connectivity index (χ2n) is 5.25. The smallest absolute Gasteiger partial charge is 0.251 e. The SMILES string of the molecule is C[C@H](CC[C@H]1CCCO1)NC(=O)c1ccc(O)c(Cl)c1. The van der Waals surface area contributed by atoms with Gasteiger partial charge in [0.25, 0.3) is 5.91 Å². The van der Waals surface area contributed by atoms with Gasteiger partial charge in [-0.3, -0.25) is 4.79 Å². The minimum absolute atomic E-state index is 0.0188. The highest BCUT2D eigenvalue weighted by Gasteiger charge is 2.17. The summed E-state index contributed by atoms with van der Waals surface area (Å²) >= 11 is 5.80. The number of phenols is 1. The molecule has 1 aromatic rings. The number of aromatic hydroxyl groups is 1. The van der Waals surface area contributed by atoms with E-state index in [0.717, 1.165) is 32.3 Å². The first-order valence-corrected chi connectivity index (χ1v) is 7.35. The van der Waals surface area contributed by atoms with Gasteiger partial charge in [0.05, 0.1) is 11.1 Å². The van der Waals surface area contributed by atoms with Crippen LogP contribution in [0.25, 0.3) is 0 Å². The van der Waals surface area contributed by atoms with E-state index >= 15 is 0 Å². The van der Waals surface area contributed by atoms with Crippen LogP contribution in [0.1, 0.15) is 43.0 Å². The third-order valence-corrected chi connectivity index (χ3v) is 3.84. The Morgan fingerprint density at radius 3 is 3.05 bits per heavy atom. The average molecular weight is 298 g/mol. The van der Waals surface area contributed by atoms with Crippen molar-refractivity contribution in [1.82, 2.24) is 5.32 Å². The second-order valence-corrected chi connectivity index (χ2v) is 5.66. The number of carbonyl (C=O) groups is 1. The van der Waals surface area contributed by atoms with Gasteiger partial charge in [-0.15, -0.1) is 0 Å². The third-order valence-electron chi connectivity index (χ3n) is 3.53. The van der Waals surface area contributed by atoms with Gasteiger partial charge in [-0.1, -0.05) is 11.6 Å². The fourth-order valence-electron chi connectivity index (χ4n) is 2.34. The molecule has 1 aliphatic rings. The third kappa shape index (κ3) is 4.12. The molecule has 1 aliphatic heterocycles. The van der Waals surface area contributed by atoms with Crippen LogP contribution in [0, 0.1) is 0 Å². The highest BCUT2D eigenvalue weighted by atomic mass is 35.5. The Hall–Kier alpha value is -1.26. The Morgan fingerprint density at radius 2 is 2.40 bits per heavy atom. The summed E-state index contributed by atoms with van der Waals surface area (Å²) in [5.41, 5.74) is 0.455. The topological polar surface area (TPSA) is 58.6 Å². The Kier molecular flexibility index (Phi) is 5.26. The van der Waals surface area contributed by atoms with Crippen LogP contribution in [0.2, 0.25) is 5.02 Å². The molecule has 20 heavy (non-hydrogen) atoms. The molecule has 1 fully saturated rings. The van der Waals surface area contributed by atoms with Gasteiger partial charge in [0.15, 0.2) is 0 Å². The molecule has 1 saturated heterocycles. The second kappa shape index (κ2) is 6.95. The first kappa shape index (κ1) is 15.1. The van der Waals surface area contributed by atoms with Crippen LogP contribution in [-0.4, -0.2) is 29.8 Å². The van der Waals surface area contributed by atoms with Crippen LogP contribution in [0.15, 0.2) is 18.2 Å². The molecule has 0 radical (unpaired) electrons. The van der Waals surface area contributed by atoms with Crippen LogP contribution >= 0.6 is 11.6 Å². The molecule has 0 spiro atoms. The molecular formula is C15H20ClNO3. The van der Waals surface area contributed by atoms with E-state index in [1.165, 1.54) is 12.1 Å². The number of hydrogen-bond acceptors (Lipinski definition) is 3. The molecule has 110 valence electrons. The molecule has 0 bridgehead atoms. The molecule has 0 aliphatic carbocycles. The maximum atomic E-state index is 12.0. The lowest BCUT2D eigenvalue weighted by Gasteiger charge is -2.16. The summed E-state index contributed by atoms with van der Waals surface area (Å²) in [7, 11) is 0. The van der Waals surface area contributed by atoms with Crippen LogP contribution in [0.5, 0.6) is 5.75 Å². The molecule has 4 nitrogen and oxygen atoms in total. The number of ether oxygens (including phenoxy) is 1. The highest BCUT2D eigenvalue weighted by Crippen LogP contribution is 2.23. The van der Waals surface area contributed by atoms with E-state index in [4.69, 9.17) is 16.3 Å². The van der Waals surface area contributed by atoms with Crippen LogP contribution in [-0.2, 0) is 4.74 Å². The van der Waals surface area contributed by atoms with Crippen molar-refractivity contribution in [2.75, 3.05) is 6.61 Å². The normalized spacial score (nSPS) is 19.8. The molecule has 1 heterocycles. The van der Waals surface area contributed by atoms with E-state index < -0.39 is 0 Å². The lowest BCUT2D eigenvalue weighted by Crippen LogP contribution is -2.33. The zero-order valence-corrected chi connectivity index (χ0v) is 12.3. The summed E-state index contributed by atoms with van der Waals surface area (Å²) < 4.78 is 5.56. The van der Waals surface area contributed by atoms with Crippen molar-refractivity contribution in [2.24, 2.45) is 0 Å². The van der Waals surface area contributed by atoms with Gasteiger partial charge in [0, 0.05) is 18.2 Å². The fraction of sp³-hybridized carbons (Fsp3) is 0.533. The zero-order valence-electron chi connectivity index (χ0n) is 11.6. The van der Waals surface area contributed by atoms with Gasteiger partial charge in [-0.2, -0.15) is 0 Å². The van der Waals surface area contributed by atoms with Crippen molar-refractivity contribution in [1.29, 1.82) is 0 Å². The minimum atomic E-state index is -0.174. The van der Waals surface area contributed by atoms with Gasteiger partial charge < -0.3 is 15.2 Å². The summed E-state index contributed by atoms with van der Waals surface area (Å²) in [6.07, 6.45) is 4.46. The minimum Gasteiger partial charge on any atom is -0.506 e. The van der Waals surface area contributed by atoms with Crippen molar-refractivity contribution in [3.05, 3.63) is 28.8 Å². The fourth-order valence-corrected chi connectivity index (χ4v) is 2.52. The summed E-state index contributed by atoms with van der Waals surface area (Å²) in [5, 5.41) is 12.5. The van der Waals surface area contributed by atoms with Crippen LogP contribution < -0.4 is 5.32 Å². The number of carbonyl (C=O) groups excluding carboxylic acids is 1. The average Bonchev–Trinajstić information content (AvgIpc) is 2.92. The van der Waals surface area contributed by atoms with E-state index in [0.29, 0.717) is 11.7 Å². The molecule has 0 saturated carbocycles. The first-order chi connectivity index (χ1) is 9.56. The van der Waals surface area contributed by atoms with Crippen LogP contribution in [0.3, 0.4) is 0 Å². The van der Waals surface area contributed by atoms with E-state index in [1.807, 2.05) is 6.92 Å². The standard InChI is InChI=1S/C15H20ClNO3/c1-10(4-6-12-3-2-8-20-12)17-15(19)11-5-7-14(18)13(16)9-11/h5,7,9-10,12,18H,2-4,6,8H2,1H3,(H,17,19)/t10-,12-/m1/s1. The predicted octanol–water partition coefficient (Wildman–Crippen LogP) is 3.12. The number of hydrogen-bond donors (Lipinski definition) is 2. The Balaban J connectivity index is 1.81. The van der Waals surface area contributed by atoms with E-state index in [9.17, 15) is 9.90 Å². The molecular weight excluding hydrogens is 278 g/mol. The molecule has 2 atom stereocenters. The first-order valence-electron chi connectivity index (χ1n) is 6.97. The predicted molar refractivity (Wildman–Crippen MR) is 78.3 cm³/mol. The molecule has 2 rings (SSSR count). The van der Waals surface area contributed by atoms with E-state index in [1.54, 1.807) is 6.07 Å². The van der Waals surface area contributed by atoms with Crippen molar-refractivity contribution < 1.29 is 14.6 Å². The lowest BCUT2D eigenvalue weighted by atomic mass is 10.1. The molecule has 2 N–H and O–H groups in total. The number of nitrogens with one attached hydrogen (secondary N) is 1.